The van der Waals surface area contributed by atoms with E-state index in [9.17, 15) is 23.1 Å². The Labute approximate surface area is 117 Å². The summed E-state index contributed by atoms with van der Waals surface area (Å²) in [7, 11) is 0. The van der Waals surface area contributed by atoms with E-state index in [4.69, 9.17) is 11.6 Å². The van der Waals surface area contributed by atoms with E-state index in [-0.39, 0.29) is 21.7 Å². The second-order valence-electron chi connectivity index (χ2n) is 4.02. The molecule has 0 bridgehead atoms. The summed E-state index contributed by atoms with van der Waals surface area (Å²) in [4.78, 5) is 10.8. The molecule has 0 spiro atoms. The molecule has 6 heteroatoms. The van der Waals surface area contributed by atoms with E-state index in [1.165, 1.54) is 30.3 Å². The van der Waals surface area contributed by atoms with Crippen LogP contribution in [0.15, 0.2) is 36.4 Å². The van der Waals surface area contributed by atoms with Gasteiger partial charge in [-0.3, -0.25) is 4.79 Å². The molecule has 0 radical (unpaired) electrons. The molecule has 0 aliphatic carbocycles. The van der Waals surface area contributed by atoms with Crippen molar-refractivity contribution in [2.45, 2.75) is 6.18 Å². The van der Waals surface area contributed by atoms with Crippen molar-refractivity contribution in [3.05, 3.63) is 52.5 Å². The molecule has 0 saturated carbocycles. The fraction of sp³-hybridized carbons (Fsp3) is 0.0714. The van der Waals surface area contributed by atoms with E-state index in [1.54, 1.807) is 0 Å². The molecule has 2 rings (SSSR count). The van der Waals surface area contributed by atoms with Crippen molar-refractivity contribution in [3.8, 4) is 16.9 Å². The van der Waals surface area contributed by atoms with Crippen molar-refractivity contribution in [2.24, 2.45) is 0 Å². The Balaban J connectivity index is 2.79. The summed E-state index contributed by atoms with van der Waals surface area (Å²) in [5, 5.41) is 9.87. The smallest absolute Gasteiger partial charge is 0.417 e. The third-order valence-corrected chi connectivity index (χ3v) is 3.10. The molecule has 2 aromatic carbocycles. The number of rotatable bonds is 2. The standard InChI is InChI=1S/C14H8ClF3O2/c15-11-6-5-8(7-19)13(20)12(11)9-3-1-2-4-10(9)14(16,17)18/h1-7,20H. The minimum Gasteiger partial charge on any atom is -0.506 e. The van der Waals surface area contributed by atoms with Crippen molar-refractivity contribution in [1.82, 2.24) is 0 Å². The lowest BCUT2D eigenvalue weighted by atomic mass is 9.96. The monoisotopic (exact) mass is 300 g/mol. The van der Waals surface area contributed by atoms with Crippen LogP contribution in [0.1, 0.15) is 15.9 Å². The number of alkyl halides is 3. The van der Waals surface area contributed by atoms with Crippen molar-refractivity contribution < 1.29 is 23.1 Å². The zero-order valence-electron chi connectivity index (χ0n) is 9.91. The molecular weight excluding hydrogens is 293 g/mol. The minimum absolute atomic E-state index is 0.0650. The second kappa shape index (κ2) is 5.17. The molecule has 2 aromatic rings. The van der Waals surface area contributed by atoms with Gasteiger partial charge < -0.3 is 5.11 Å². The highest BCUT2D eigenvalue weighted by Crippen LogP contribution is 2.43. The maximum atomic E-state index is 13.0. The van der Waals surface area contributed by atoms with Crippen LogP contribution in [0.25, 0.3) is 11.1 Å². The first-order valence-electron chi connectivity index (χ1n) is 5.49. The minimum atomic E-state index is -4.59. The van der Waals surface area contributed by atoms with Gasteiger partial charge in [0, 0.05) is 5.56 Å². The van der Waals surface area contributed by atoms with Gasteiger partial charge in [-0.05, 0) is 23.8 Å². The van der Waals surface area contributed by atoms with E-state index < -0.39 is 17.5 Å². The number of hydrogen-bond donors (Lipinski definition) is 1. The number of carbonyl (C=O) groups excluding carboxylic acids is 1. The van der Waals surface area contributed by atoms with Gasteiger partial charge in [0.05, 0.1) is 16.1 Å². The maximum absolute atomic E-state index is 13.0. The Hall–Kier alpha value is -2.01. The number of hydrogen-bond acceptors (Lipinski definition) is 2. The van der Waals surface area contributed by atoms with Gasteiger partial charge in [0.2, 0.25) is 0 Å². The van der Waals surface area contributed by atoms with E-state index in [2.05, 4.69) is 0 Å². The fourth-order valence-corrected chi connectivity index (χ4v) is 2.14. The van der Waals surface area contributed by atoms with Gasteiger partial charge in [-0.2, -0.15) is 13.2 Å². The third kappa shape index (κ3) is 2.49. The lowest BCUT2D eigenvalue weighted by Gasteiger charge is -2.15. The van der Waals surface area contributed by atoms with Crippen LogP contribution in [0.4, 0.5) is 13.2 Å². The molecule has 0 aromatic heterocycles. The number of phenols is 1. The lowest BCUT2D eigenvalue weighted by molar-refractivity contribution is -0.137. The molecule has 0 fully saturated rings. The average molecular weight is 301 g/mol. The SMILES string of the molecule is O=Cc1ccc(Cl)c(-c2ccccc2C(F)(F)F)c1O. The first kappa shape index (κ1) is 14.4. The predicted molar refractivity (Wildman–Crippen MR) is 68.9 cm³/mol. The van der Waals surface area contributed by atoms with Crippen LogP contribution in [0.2, 0.25) is 5.02 Å². The molecule has 2 nitrogen and oxygen atoms in total. The quantitative estimate of drug-likeness (QED) is 0.827. The van der Waals surface area contributed by atoms with Crippen molar-refractivity contribution in [2.75, 3.05) is 0 Å². The van der Waals surface area contributed by atoms with Crippen LogP contribution in [0, 0.1) is 0 Å². The van der Waals surface area contributed by atoms with Gasteiger partial charge in [-0.1, -0.05) is 29.8 Å². The zero-order chi connectivity index (χ0) is 14.9. The molecule has 0 atom stereocenters. The predicted octanol–water partition coefficient (Wildman–Crippen LogP) is 4.54. The molecule has 20 heavy (non-hydrogen) atoms. The highest BCUT2D eigenvalue weighted by Gasteiger charge is 2.34. The number of benzene rings is 2. The van der Waals surface area contributed by atoms with Crippen LogP contribution in [-0.4, -0.2) is 11.4 Å². The van der Waals surface area contributed by atoms with Crippen LogP contribution in [-0.2, 0) is 6.18 Å². The third-order valence-electron chi connectivity index (χ3n) is 2.79. The molecule has 104 valence electrons. The largest absolute Gasteiger partial charge is 0.506 e. The number of phenolic OH excluding ortho intramolecular Hbond substituents is 1. The number of halogens is 4. The van der Waals surface area contributed by atoms with Crippen molar-refractivity contribution >= 4 is 17.9 Å². The summed E-state index contributed by atoms with van der Waals surface area (Å²) < 4.78 is 39.0. The zero-order valence-corrected chi connectivity index (χ0v) is 10.7. The maximum Gasteiger partial charge on any atom is 0.417 e. The summed E-state index contributed by atoms with van der Waals surface area (Å²) in [6, 6.07) is 7.23. The van der Waals surface area contributed by atoms with Crippen molar-refractivity contribution in [3.63, 3.8) is 0 Å². The molecule has 0 unspecified atom stereocenters. The van der Waals surface area contributed by atoms with Gasteiger partial charge in [-0.25, -0.2) is 0 Å². The van der Waals surface area contributed by atoms with E-state index >= 15 is 0 Å². The van der Waals surface area contributed by atoms with Gasteiger partial charge >= 0.3 is 6.18 Å². The normalized spacial score (nSPS) is 11.4. The van der Waals surface area contributed by atoms with Crippen LogP contribution >= 0.6 is 11.6 Å². The Morgan fingerprint density at radius 1 is 1.10 bits per heavy atom. The van der Waals surface area contributed by atoms with Crippen LogP contribution in [0.3, 0.4) is 0 Å². The number of aldehydes is 1. The number of aromatic hydroxyl groups is 1. The number of carbonyl (C=O) groups is 1. The summed E-state index contributed by atoms with van der Waals surface area (Å²) in [6.07, 6.45) is -4.24. The highest BCUT2D eigenvalue weighted by atomic mass is 35.5. The molecule has 1 N–H and O–H groups in total. The lowest BCUT2D eigenvalue weighted by Crippen LogP contribution is -2.07. The Morgan fingerprint density at radius 3 is 2.35 bits per heavy atom. The Bertz CT molecular complexity index is 666. The second-order valence-corrected chi connectivity index (χ2v) is 4.43. The molecular formula is C14H8ClF3O2. The van der Waals surface area contributed by atoms with Crippen molar-refractivity contribution in [1.29, 1.82) is 0 Å². The van der Waals surface area contributed by atoms with Gasteiger partial charge in [0.15, 0.2) is 6.29 Å². The topological polar surface area (TPSA) is 37.3 Å². The van der Waals surface area contributed by atoms with Gasteiger partial charge in [0.1, 0.15) is 5.75 Å². The summed E-state index contributed by atoms with van der Waals surface area (Å²) in [6.45, 7) is 0. The van der Waals surface area contributed by atoms with Gasteiger partial charge in [0.25, 0.3) is 0 Å². The van der Waals surface area contributed by atoms with Crippen LogP contribution < -0.4 is 0 Å². The van der Waals surface area contributed by atoms with Gasteiger partial charge in [-0.15, -0.1) is 0 Å². The molecule has 0 aliphatic heterocycles. The first-order chi connectivity index (χ1) is 9.36. The first-order valence-corrected chi connectivity index (χ1v) is 5.87. The summed E-state index contributed by atoms with van der Waals surface area (Å²) >= 11 is 5.87. The molecule has 0 amide bonds. The molecule has 0 aliphatic rings. The van der Waals surface area contributed by atoms with E-state index in [0.717, 1.165) is 6.07 Å². The Kier molecular flexibility index (Phi) is 3.72. The average Bonchev–Trinajstić information content (AvgIpc) is 2.38. The molecule has 0 saturated heterocycles. The van der Waals surface area contributed by atoms with E-state index in [1.807, 2.05) is 0 Å². The summed E-state index contributed by atoms with van der Waals surface area (Å²) in [5.41, 5.74) is -1.53. The summed E-state index contributed by atoms with van der Waals surface area (Å²) in [5.74, 6) is -0.566. The van der Waals surface area contributed by atoms with E-state index in [0.29, 0.717) is 6.29 Å². The molecule has 0 heterocycles. The fourth-order valence-electron chi connectivity index (χ4n) is 1.88. The van der Waals surface area contributed by atoms with Crippen LogP contribution in [0.5, 0.6) is 5.75 Å². The Morgan fingerprint density at radius 2 is 1.75 bits per heavy atom. The highest BCUT2D eigenvalue weighted by molar-refractivity contribution is 6.34.